The van der Waals surface area contributed by atoms with Crippen LogP contribution in [0.2, 0.25) is 44.8 Å². The van der Waals surface area contributed by atoms with E-state index in [1.165, 1.54) is 0 Å². The quantitative estimate of drug-likeness (QED) is 0.252. The fourth-order valence-corrected chi connectivity index (χ4v) is 6.13. The standard InChI is InChI=1S/C22H38O5Si2/c1-8-9-10-11-16(23)12-13-17-18(14-21(22(25)26)28(2,3)4)19(24)15-20(17)27-29(5,6)7/h12-13,20-21H,8-11,14-15H2,1-7H3,(H,25,26). The van der Waals surface area contributed by atoms with Gasteiger partial charge in [-0.05, 0) is 44.1 Å². The van der Waals surface area contributed by atoms with Gasteiger partial charge in [0.25, 0.3) is 0 Å². The first-order valence-electron chi connectivity index (χ1n) is 10.6. The molecule has 1 aliphatic rings. The van der Waals surface area contributed by atoms with Gasteiger partial charge in [0.05, 0.1) is 19.7 Å². The van der Waals surface area contributed by atoms with Gasteiger partial charge in [-0.15, -0.1) is 0 Å². The van der Waals surface area contributed by atoms with Gasteiger partial charge in [0.15, 0.2) is 19.9 Å². The van der Waals surface area contributed by atoms with Crippen LogP contribution in [0.1, 0.15) is 45.4 Å². The molecule has 0 heterocycles. The number of rotatable bonds is 12. The molecule has 0 aromatic rings. The number of ketones is 2. The number of carboxylic acids is 1. The molecule has 0 saturated heterocycles. The van der Waals surface area contributed by atoms with Crippen LogP contribution in [0.15, 0.2) is 23.3 Å². The molecule has 0 bridgehead atoms. The average Bonchev–Trinajstić information content (AvgIpc) is 2.82. The summed E-state index contributed by atoms with van der Waals surface area (Å²) in [4.78, 5) is 36.9. The van der Waals surface area contributed by atoms with E-state index in [1.54, 1.807) is 12.2 Å². The summed E-state index contributed by atoms with van der Waals surface area (Å²) in [6, 6.07) is 0. The molecule has 1 aliphatic carbocycles. The summed E-state index contributed by atoms with van der Waals surface area (Å²) in [5, 5.41) is 9.74. The van der Waals surface area contributed by atoms with Crippen LogP contribution in [-0.4, -0.2) is 45.1 Å². The Bertz CT molecular complexity index is 680. The molecular weight excluding hydrogens is 400 g/mol. The van der Waals surface area contributed by atoms with Gasteiger partial charge >= 0.3 is 5.97 Å². The first-order valence-corrected chi connectivity index (χ1v) is 17.6. The second-order valence-corrected chi connectivity index (χ2v) is 19.9. The monoisotopic (exact) mass is 438 g/mol. The van der Waals surface area contributed by atoms with E-state index in [1.807, 2.05) is 19.6 Å². The molecule has 1 rings (SSSR count). The number of hydrogen-bond donors (Lipinski definition) is 1. The van der Waals surface area contributed by atoms with Gasteiger partial charge in [-0.3, -0.25) is 14.4 Å². The van der Waals surface area contributed by atoms with Gasteiger partial charge < -0.3 is 9.53 Å². The van der Waals surface area contributed by atoms with Crippen LogP contribution in [-0.2, 0) is 18.8 Å². The molecule has 0 aromatic carbocycles. The van der Waals surface area contributed by atoms with Crippen molar-refractivity contribution in [3.63, 3.8) is 0 Å². The lowest BCUT2D eigenvalue weighted by Crippen LogP contribution is -2.34. The molecule has 2 atom stereocenters. The molecule has 0 aromatic heterocycles. The summed E-state index contributed by atoms with van der Waals surface area (Å²) in [7, 11) is -3.94. The first kappa shape index (κ1) is 25.7. The van der Waals surface area contributed by atoms with Crippen LogP contribution in [0.25, 0.3) is 0 Å². The third-order valence-electron chi connectivity index (χ3n) is 5.13. The summed E-state index contributed by atoms with van der Waals surface area (Å²) < 4.78 is 6.23. The van der Waals surface area contributed by atoms with Crippen LogP contribution in [0.5, 0.6) is 0 Å². The second-order valence-electron chi connectivity index (χ2n) is 10.00. The fraction of sp³-hybridized carbons (Fsp3) is 0.682. The minimum Gasteiger partial charge on any atom is -0.481 e. The number of Topliss-reactive ketones (excluding diaryl/α,β-unsaturated/α-hetero) is 1. The molecule has 2 unspecified atom stereocenters. The Labute approximate surface area is 177 Å². The SMILES string of the molecule is CCCCCC(=O)C=CC1=C(CC(C(=O)O)[Si](C)(C)C)C(=O)CC1O[Si](C)(C)C. The van der Waals surface area contributed by atoms with Gasteiger partial charge in [-0.1, -0.05) is 45.5 Å². The predicted octanol–water partition coefficient (Wildman–Crippen LogP) is 5.36. The van der Waals surface area contributed by atoms with Crippen molar-refractivity contribution in [1.29, 1.82) is 0 Å². The number of aliphatic carboxylic acids is 1. The summed E-state index contributed by atoms with van der Waals surface area (Å²) in [6.07, 6.45) is 6.78. The van der Waals surface area contributed by atoms with Crippen molar-refractivity contribution in [3.05, 3.63) is 23.3 Å². The lowest BCUT2D eigenvalue weighted by molar-refractivity contribution is -0.137. The molecule has 0 aliphatic heterocycles. The lowest BCUT2D eigenvalue weighted by atomic mass is 10.0. The first-order chi connectivity index (χ1) is 13.3. The van der Waals surface area contributed by atoms with E-state index in [4.69, 9.17) is 4.43 Å². The average molecular weight is 439 g/mol. The maximum absolute atomic E-state index is 12.8. The van der Waals surface area contributed by atoms with Crippen molar-refractivity contribution < 1.29 is 23.9 Å². The molecule has 0 saturated carbocycles. The van der Waals surface area contributed by atoms with Crippen LogP contribution in [0, 0.1) is 0 Å². The highest BCUT2D eigenvalue weighted by Gasteiger charge is 2.40. The number of unbranched alkanes of at least 4 members (excludes halogenated alkanes) is 2. The molecule has 0 radical (unpaired) electrons. The maximum Gasteiger partial charge on any atom is 0.304 e. The van der Waals surface area contributed by atoms with Crippen molar-refractivity contribution in [2.24, 2.45) is 0 Å². The Morgan fingerprint density at radius 1 is 1.17 bits per heavy atom. The summed E-state index contributed by atoms with van der Waals surface area (Å²) in [5.74, 6) is -0.856. The number of allylic oxidation sites excluding steroid dienone is 2. The highest BCUT2D eigenvalue weighted by Crippen LogP contribution is 2.37. The van der Waals surface area contributed by atoms with E-state index in [-0.39, 0.29) is 30.5 Å². The van der Waals surface area contributed by atoms with E-state index >= 15 is 0 Å². The van der Waals surface area contributed by atoms with E-state index in [2.05, 4.69) is 26.6 Å². The zero-order chi connectivity index (χ0) is 22.4. The topological polar surface area (TPSA) is 80.7 Å². The normalized spacial score (nSPS) is 19.3. The van der Waals surface area contributed by atoms with Crippen LogP contribution in [0.3, 0.4) is 0 Å². The van der Waals surface area contributed by atoms with E-state index in [9.17, 15) is 19.5 Å². The number of carbonyl (C=O) groups is 3. The number of carbonyl (C=O) groups excluding carboxylic acids is 2. The minimum absolute atomic E-state index is 0.0383. The van der Waals surface area contributed by atoms with E-state index in [0.717, 1.165) is 19.3 Å². The Morgan fingerprint density at radius 3 is 2.28 bits per heavy atom. The fourth-order valence-electron chi connectivity index (χ4n) is 3.51. The third kappa shape index (κ3) is 8.52. The van der Waals surface area contributed by atoms with Crippen LogP contribution < -0.4 is 0 Å². The Morgan fingerprint density at radius 2 is 1.79 bits per heavy atom. The molecule has 0 spiro atoms. The zero-order valence-electron chi connectivity index (χ0n) is 19.1. The van der Waals surface area contributed by atoms with Gasteiger partial charge in [-0.2, -0.15) is 0 Å². The van der Waals surface area contributed by atoms with Crippen molar-refractivity contribution in [1.82, 2.24) is 0 Å². The largest absolute Gasteiger partial charge is 0.481 e. The van der Waals surface area contributed by atoms with E-state index < -0.39 is 27.9 Å². The summed E-state index contributed by atoms with van der Waals surface area (Å²) in [5.41, 5.74) is 0.710. The number of hydrogen-bond acceptors (Lipinski definition) is 4. The molecular formula is C22H38O5Si2. The molecule has 164 valence electrons. The van der Waals surface area contributed by atoms with Crippen LogP contribution >= 0.6 is 0 Å². The molecule has 0 fully saturated rings. The molecule has 5 nitrogen and oxygen atoms in total. The van der Waals surface area contributed by atoms with Gasteiger partial charge in [0.1, 0.15) is 0 Å². The third-order valence-corrected chi connectivity index (χ3v) is 8.66. The molecule has 7 heteroatoms. The molecule has 1 N–H and O–H groups in total. The van der Waals surface area contributed by atoms with Gasteiger partial charge in [0.2, 0.25) is 0 Å². The highest BCUT2D eigenvalue weighted by atomic mass is 28.4. The summed E-state index contributed by atoms with van der Waals surface area (Å²) in [6.45, 7) is 14.3. The Kier molecular flexibility index (Phi) is 9.43. The van der Waals surface area contributed by atoms with Crippen LogP contribution in [0.4, 0.5) is 0 Å². The van der Waals surface area contributed by atoms with Gasteiger partial charge in [0, 0.05) is 18.4 Å². The van der Waals surface area contributed by atoms with E-state index in [0.29, 0.717) is 17.6 Å². The summed E-state index contributed by atoms with van der Waals surface area (Å²) >= 11 is 0. The highest BCUT2D eigenvalue weighted by molar-refractivity contribution is 6.80. The predicted molar refractivity (Wildman–Crippen MR) is 123 cm³/mol. The van der Waals surface area contributed by atoms with Gasteiger partial charge in [-0.25, -0.2) is 0 Å². The molecule has 0 amide bonds. The smallest absolute Gasteiger partial charge is 0.304 e. The van der Waals surface area contributed by atoms with Crippen molar-refractivity contribution >= 4 is 33.9 Å². The lowest BCUT2D eigenvalue weighted by Gasteiger charge is -2.26. The Balaban J connectivity index is 3.23. The second kappa shape index (κ2) is 10.6. The number of carboxylic acid groups (broad SMARTS) is 1. The molecule has 29 heavy (non-hydrogen) atoms. The maximum atomic E-state index is 12.8. The van der Waals surface area contributed by atoms with Crippen molar-refractivity contribution in [3.8, 4) is 0 Å². The Hall–Kier alpha value is -1.32. The minimum atomic E-state index is -2.02. The van der Waals surface area contributed by atoms with Crippen molar-refractivity contribution in [2.45, 2.75) is 96.4 Å². The zero-order valence-corrected chi connectivity index (χ0v) is 21.1. The van der Waals surface area contributed by atoms with Crippen molar-refractivity contribution in [2.75, 3.05) is 0 Å².